The van der Waals surface area contributed by atoms with Crippen molar-refractivity contribution in [1.82, 2.24) is 15.0 Å². The first-order valence-corrected chi connectivity index (χ1v) is 7.94. The first kappa shape index (κ1) is 18.1. The van der Waals surface area contributed by atoms with Gasteiger partial charge in [0.1, 0.15) is 18.1 Å². The fraction of sp³-hybridized carbons (Fsp3) is 0.105. The molecule has 2 aromatic carbocycles. The minimum atomic E-state index is -1.03. The topological polar surface area (TPSA) is 86.5 Å². The Labute approximate surface area is 154 Å². The largest absolute Gasteiger partial charge is 0.493 e. The lowest BCUT2D eigenvalue weighted by molar-refractivity contribution is -0.131. The Kier molecular flexibility index (Phi) is 5.46. The van der Waals surface area contributed by atoms with Crippen LogP contribution in [0.4, 0.5) is 4.39 Å². The van der Waals surface area contributed by atoms with Crippen molar-refractivity contribution >= 4 is 12.0 Å². The summed E-state index contributed by atoms with van der Waals surface area (Å²) in [5, 5.41) is 16.7. The van der Waals surface area contributed by atoms with E-state index >= 15 is 0 Å². The molecular formula is C19H16FN3O4. The lowest BCUT2D eigenvalue weighted by Crippen LogP contribution is -1.98. The van der Waals surface area contributed by atoms with E-state index in [4.69, 9.17) is 14.6 Å². The maximum Gasteiger partial charge on any atom is 0.328 e. The van der Waals surface area contributed by atoms with Gasteiger partial charge >= 0.3 is 5.97 Å². The van der Waals surface area contributed by atoms with Crippen LogP contribution in [-0.4, -0.2) is 33.2 Å². The van der Waals surface area contributed by atoms with Crippen molar-refractivity contribution in [1.29, 1.82) is 0 Å². The van der Waals surface area contributed by atoms with Crippen LogP contribution in [-0.2, 0) is 11.4 Å². The molecular weight excluding hydrogens is 353 g/mol. The van der Waals surface area contributed by atoms with Gasteiger partial charge in [0.05, 0.1) is 19.0 Å². The SMILES string of the molecule is COc1cc(/C=C/C(=O)O)ccc1OCc1cn(-c2cccc(F)c2)nn1. The van der Waals surface area contributed by atoms with Crippen LogP contribution in [0.3, 0.4) is 0 Å². The molecule has 3 rings (SSSR count). The lowest BCUT2D eigenvalue weighted by Gasteiger charge is -2.10. The molecule has 0 amide bonds. The summed E-state index contributed by atoms with van der Waals surface area (Å²) in [6.07, 6.45) is 4.14. The molecule has 1 aromatic heterocycles. The van der Waals surface area contributed by atoms with E-state index in [1.165, 1.54) is 30.0 Å². The van der Waals surface area contributed by atoms with Crippen LogP contribution in [0, 0.1) is 5.82 Å². The quantitative estimate of drug-likeness (QED) is 0.644. The summed E-state index contributed by atoms with van der Waals surface area (Å²) in [6.45, 7) is 0.135. The van der Waals surface area contributed by atoms with Crippen molar-refractivity contribution in [3.05, 3.63) is 71.8 Å². The second-order valence-electron chi connectivity index (χ2n) is 5.50. The number of carbonyl (C=O) groups is 1. The minimum Gasteiger partial charge on any atom is -0.493 e. The summed E-state index contributed by atoms with van der Waals surface area (Å²) in [5.74, 6) is -0.455. The van der Waals surface area contributed by atoms with Gasteiger partial charge in [-0.1, -0.05) is 17.3 Å². The Hall–Kier alpha value is -3.68. The number of benzene rings is 2. The number of halogens is 1. The molecule has 0 bridgehead atoms. The molecule has 0 saturated heterocycles. The van der Waals surface area contributed by atoms with Gasteiger partial charge in [0.15, 0.2) is 11.5 Å². The standard InChI is InChI=1S/C19H16FN3O4/c1-26-18-9-13(6-8-19(24)25)5-7-17(18)27-12-15-11-23(22-21-15)16-4-2-3-14(20)10-16/h2-11H,12H2,1H3,(H,24,25)/b8-6+. The van der Waals surface area contributed by atoms with Crippen LogP contribution in [0.25, 0.3) is 11.8 Å². The van der Waals surface area contributed by atoms with Gasteiger partial charge in [-0.3, -0.25) is 0 Å². The van der Waals surface area contributed by atoms with Crippen LogP contribution >= 0.6 is 0 Å². The van der Waals surface area contributed by atoms with Gasteiger partial charge in [-0.25, -0.2) is 13.9 Å². The number of hydrogen-bond acceptors (Lipinski definition) is 5. The Bertz CT molecular complexity index is 985. The number of ether oxygens (including phenoxy) is 2. The molecule has 0 atom stereocenters. The Morgan fingerprint density at radius 2 is 2.11 bits per heavy atom. The highest BCUT2D eigenvalue weighted by molar-refractivity contribution is 5.85. The third kappa shape index (κ3) is 4.69. The Balaban J connectivity index is 1.70. The van der Waals surface area contributed by atoms with Crippen LogP contribution in [0.1, 0.15) is 11.3 Å². The molecule has 0 aliphatic rings. The first-order valence-electron chi connectivity index (χ1n) is 7.94. The van der Waals surface area contributed by atoms with E-state index in [0.717, 1.165) is 6.08 Å². The number of carboxylic acids is 1. The Morgan fingerprint density at radius 3 is 2.85 bits per heavy atom. The molecule has 0 aliphatic heterocycles. The average Bonchev–Trinajstić information content (AvgIpc) is 3.14. The average molecular weight is 369 g/mol. The number of hydrogen-bond donors (Lipinski definition) is 1. The van der Waals surface area contributed by atoms with Crippen molar-refractivity contribution in [2.45, 2.75) is 6.61 Å². The van der Waals surface area contributed by atoms with Gasteiger partial charge in [0.2, 0.25) is 0 Å². The van der Waals surface area contributed by atoms with Crippen LogP contribution in [0.5, 0.6) is 11.5 Å². The number of methoxy groups -OCH3 is 1. The van der Waals surface area contributed by atoms with E-state index in [1.807, 2.05) is 0 Å². The van der Waals surface area contributed by atoms with E-state index in [1.54, 1.807) is 36.5 Å². The summed E-state index contributed by atoms with van der Waals surface area (Å²) < 4.78 is 25.8. The second kappa shape index (κ2) is 8.13. The van der Waals surface area contributed by atoms with Crippen LogP contribution < -0.4 is 9.47 Å². The third-order valence-corrected chi connectivity index (χ3v) is 3.60. The summed E-state index contributed by atoms with van der Waals surface area (Å²) in [7, 11) is 1.49. The summed E-state index contributed by atoms with van der Waals surface area (Å²) in [4.78, 5) is 10.6. The molecule has 0 fully saturated rings. The fourth-order valence-corrected chi connectivity index (χ4v) is 2.34. The molecule has 8 heteroatoms. The number of rotatable bonds is 7. The van der Waals surface area contributed by atoms with Crippen LogP contribution in [0.2, 0.25) is 0 Å². The summed E-state index contributed by atoms with van der Waals surface area (Å²) >= 11 is 0. The van der Waals surface area contributed by atoms with Gasteiger partial charge in [-0.2, -0.15) is 0 Å². The molecule has 1 heterocycles. The predicted octanol–water partition coefficient (Wildman–Crippen LogP) is 3.09. The molecule has 0 unspecified atom stereocenters. The van der Waals surface area contributed by atoms with Crippen molar-refractivity contribution in [2.75, 3.05) is 7.11 Å². The maximum atomic E-state index is 13.3. The number of carboxylic acid groups (broad SMARTS) is 1. The van der Waals surface area contributed by atoms with Gasteiger partial charge in [-0.05, 0) is 42.0 Å². The molecule has 0 radical (unpaired) electrons. The molecule has 0 aliphatic carbocycles. The van der Waals surface area contributed by atoms with Gasteiger partial charge in [-0.15, -0.1) is 5.10 Å². The first-order chi connectivity index (χ1) is 13.0. The van der Waals surface area contributed by atoms with Crippen molar-refractivity contribution < 1.29 is 23.8 Å². The molecule has 7 nitrogen and oxygen atoms in total. The van der Waals surface area contributed by atoms with Crippen molar-refractivity contribution in [2.24, 2.45) is 0 Å². The van der Waals surface area contributed by atoms with Crippen molar-refractivity contribution in [3.63, 3.8) is 0 Å². The van der Waals surface area contributed by atoms with Crippen molar-refractivity contribution in [3.8, 4) is 17.2 Å². The van der Waals surface area contributed by atoms with Crippen LogP contribution in [0.15, 0.2) is 54.7 Å². The Morgan fingerprint density at radius 1 is 1.26 bits per heavy atom. The molecule has 0 saturated carbocycles. The van der Waals surface area contributed by atoms with Gasteiger partial charge in [0.25, 0.3) is 0 Å². The van der Waals surface area contributed by atoms with Gasteiger partial charge in [0, 0.05) is 6.08 Å². The van der Waals surface area contributed by atoms with E-state index in [2.05, 4.69) is 10.3 Å². The second-order valence-corrected chi connectivity index (χ2v) is 5.50. The summed E-state index contributed by atoms with van der Waals surface area (Å²) in [6, 6.07) is 11.1. The summed E-state index contributed by atoms with van der Waals surface area (Å²) in [5.41, 5.74) is 1.77. The zero-order chi connectivity index (χ0) is 19.2. The lowest BCUT2D eigenvalue weighted by atomic mass is 10.2. The monoisotopic (exact) mass is 369 g/mol. The molecule has 0 spiro atoms. The molecule has 27 heavy (non-hydrogen) atoms. The number of aliphatic carboxylic acids is 1. The highest BCUT2D eigenvalue weighted by Gasteiger charge is 2.08. The molecule has 3 aromatic rings. The highest BCUT2D eigenvalue weighted by Crippen LogP contribution is 2.29. The van der Waals surface area contributed by atoms with E-state index in [9.17, 15) is 9.18 Å². The predicted molar refractivity (Wildman–Crippen MR) is 95.3 cm³/mol. The smallest absolute Gasteiger partial charge is 0.328 e. The molecule has 1 N–H and O–H groups in total. The third-order valence-electron chi connectivity index (χ3n) is 3.60. The van der Waals surface area contributed by atoms with Gasteiger partial charge < -0.3 is 14.6 Å². The molecule has 138 valence electrons. The number of aromatic nitrogens is 3. The zero-order valence-corrected chi connectivity index (χ0v) is 14.4. The van der Waals surface area contributed by atoms with E-state index in [-0.39, 0.29) is 12.4 Å². The normalized spacial score (nSPS) is 10.9. The minimum absolute atomic E-state index is 0.135. The highest BCUT2D eigenvalue weighted by atomic mass is 19.1. The van der Waals surface area contributed by atoms with E-state index < -0.39 is 5.97 Å². The fourth-order valence-electron chi connectivity index (χ4n) is 2.34. The zero-order valence-electron chi connectivity index (χ0n) is 14.4. The number of nitrogens with zero attached hydrogens (tertiary/aromatic N) is 3. The maximum absolute atomic E-state index is 13.3. The van der Waals surface area contributed by atoms with E-state index in [0.29, 0.717) is 28.4 Å².